The molecular formula is C18H30N4O2. The second-order valence-corrected chi connectivity index (χ2v) is 7.53. The van der Waals surface area contributed by atoms with Crippen molar-refractivity contribution in [3.05, 3.63) is 11.7 Å². The second kappa shape index (κ2) is 7.64. The Labute approximate surface area is 144 Å². The SMILES string of the molecule is CCC(=O)N1CCC[C@@H]1[C@@H]1CCCN1Cc1noc(CC(C)C)n1. The molecule has 3 heterocycles. The van der Waals surface area contributed by atoms with Gasteiger partial charge in [0.15, 0.2) is 5.82 Å². The molecule has 6 heteroatoms. The lowest BCUT2D eigenvalue weighted by atomic mass is 10.0. The van der Waals surface area contributed by atoms with E-state index in [1.807, 2.05) is 6.92 Å². The summed E-state index contributed by atoms with van der Waals surface area (Å²) >= 11 is 0. The number of likely N-dealkylation sites (tertiary alicyclic amines) is 2. The number of carbonyl (C=O) groups is 1. The third-order valence-electron chi connectivity index (χ3n) is 5.22. The summed E-state index contributed by atoms with van der Waals surface area (Å²) in [5.74, 6) is 2.33. The smallest absolute Gasteiger partial charge is 0.226 e. The molecule has 1 aromatic rings. The Morgan fingerprint density at radius 2 is 2.00 bits per heavy atom. The van der Waals surface area contributed by atoms with Gasteiger partial charge in [0, 0.05) is 31.5 Å². The van der Waals surface area contributed by atoms with Gasteiger partial charge in [-0.25, -0.2) is 0 Å². The van der Waals surface area contributed by atoms with Gasteiger partial charge in [-0.1, -0.05) is 25.9 Å². The molecule has 0 unspecified atom stereocenters. The van der Waals surface area contributed by atoms with Crippen molar-refractivity contribution in [1.29, 1.82) is 0 Å². The molecule has 1 aromatic heterocycles. The van der Waals surface area contributed by atoms with Gasteiger partial charge in [0.1, 0.15) is 0 Å². The monoisotopic (exact) mass is 334 g/mol. The van der Waals surface area contributed by atoms with E-state index in [1.54, 1.807) is 0 Å². The van der Waals surface area contributed by atoms with Gasteiger partial charge in [-0.05, 0) is 38.1 Å². The van der Waals surface area contributed by atoms with Crippen molar-refractivity contribution in [2.24, 2.45) is 5.92 Å². The van der Waals surface area contributed by atoms with Crippen molar-refractivity contribution < 1.29 is 9.32 Å². The first kappa shape index (κ1) is 17.4. The molecule has 0 radical (unpaired) electrons. The number of carbonyl (C=O) groups excluding carboxylic acids is 1. The van der Waals surface area contributed by atoms with Crippen LogP contribution in [0.3, 0.4) is 0 Å². The molecule has 1 amide bonds. The van der Waals surface area contributed by atoms with E-state index >= 15 is 0 Å². The maximum atomic E-state index is 12.2. The van der Waals surface area contributed by atoms with Crippen molar-refractivity contribution in [2.45, 2.75) is 77.9 Å². The molecule has 3 rings (SSSR count). The van der Waals surface area contributed by atoms with Gasteiger partial charge in [-0.3, -0.25) is 9.69 Å². The molecule has 2 fully saturated rings. The van der Waals surface area contributed by atoms with Gasteiger partial charge in [0.25, 0.3) is 0 Å². The Morgan fingerprint density at radius 1 is 1.25 bits per heavy atom. The molecule has 0 aromatic carbocycles. The molecule has 0 spiro atoms. The lowest BCUT2D eigenvalue weighted by Crippen LogP contribution is -2.48. The van der Waals surface area contributed by atoms with E-state index in [9.17, 15) is 4.79 Å². The molecule has 0 bridgehead atoms. The van der Waals surface area contributed by atoms with Crippen molar-refractivity contribution in [3.63, 3.8) is 0 Å². The van der Waals surface area contributed by atoms with E-state index in [2.05, 4.69) is 33.8 Å². The quantitative estimate of drug-likeness (QED) is 0.800. The third kappa shape index (κ3) is 3.79. The summed E-state index contributed by atoms with van der Waals surface area (Å²) in [5, 5.41) is 4.16. The molecule has 0 saturated carbocycles. The molecule has 0 aliphatic carbocycles. The number of nitrogens with zero attached hydrogens (tertiary/aromatic N) is 4. The lowest BCUT2D eigenvalue weighted by molar-refractivity contribution is -0.132. The van der Waals surface area contributed by atoms with E-state index < -0.39 is 0 Å². The molecule has 2 aliphatic rings. The number of hydrogen-bond donors (Lipinski definition) is 0. The van der Waals surface area contributed by atoms with Crippen LogP contribution in [0, 0.1) is 5.92 Å². The summed E-state index contributed by atoms with van der Waals surface area (Å²) < 4.78 is 5.37. The standard InChI is InChI=1S/C18H30N4O2/c1-4-18(23)22-10-6-8-15(22)14-7-5-9-21(14)12-16-19-17(24-20-16)11-13(2)3/h13-15H,4-12H2,1-3H3/t14-,15+/m0/s1. The zero-order chi connectivity index (χ0) is 17.1. The maximum absolute atomic E-state index is 12.2. The highest BCUT2D eigenvalue weighted by molar-refractivity contribution is 5.76. The molecule has 0 N–H and O–H groups in total. The van der Waals surface area contributed by atoms with E-state index in [-0.39, 0.29) is 0 Å². The topological polar surface area (TPSA) is 62.5 Å². The molecule has 134 valence electrons. The minimum Gasteiger partial charge on any atom is -0.339 e. The molecule has 2 atom stereocenters. The van der Waals surface area contributed by atoms with E-state index in [0.717, 1.165) is 57.0 Å². The van der Waals surface area contributed by atoms with Crippen LogP contribution >= 0.6 is 0 Å². The van der Waals surface area contributed by atoms with Gasteiger partial charge in [-0.2, -0.15) is 4.98 Å². The van der Waals surface area contributed by atoms with Gasteiger partial charge >= 0.3 is 0 Å². The van der Waals surface area contributed by atoms with Gasteiger partial charge in [-0.15, -0.1) is 0 Å². The van der Waals surface area contributed by atoms with Crippen molar-refractivity contribution in [3.8, 4) is 0 Å². The molecule has 2 aliphatic heterocycles. The van der Waals surface area contributed by atoms with Crippen LogP contribution in [0.2, 0.25) is 0 Å². The van der Waals surface area contributed by atoms with Crippen molar-refractivity contribution in [1.82, 2.24) is 19.9 Å². The normalized spacial score (nSPS) is 25.1. The van der Waals surface area contributed by atoms with E-state index in [1.165, 1.54) is 6.42 Å². The highest BCUT2D eigenvalue weighted by Gasteiger charge is 2.39. The van der Waals surface area contributed by atoms with Crippen molar-refractivity contribution in [2.75, 3.05) is 13.1 Å². The van der Waals surface area contributed by atoms with Crippen molar-refractivity contribution >= 4 is 5.91 Å². The van der Waals surface area contributed by atoms with E-state index in [4.69, 9.17) is 4.52 Å². The van der Waals surface area contributed by atoms with Gasteiger partial charge < -0.3 is 9.42 Å². The highest BCUT2D eigenvalue weighted by atomic mass is 16.5. The van der Waals surface area contributed by atoms with Crippen LogP contribution in [0.15, 0.2) is 4.52 Å². The summed E-state index contributed by atoms with van der Waals surface area (Å²) in [6.07, 6.45) is 6.03. The summed E-state index contributed by atoms with van der Waals surface area (Å²) in [7, 11) is 0. The molecular weight excluding hydrogens is 304 g/mol. The Morgan fingerprint density at radius 3 is 2.75 bits per heavy atom. The Bertz CT molecular complexity index is 557. The number of hydrogen-bond acceptors (Lipinski definition) is 5. The zero-order valence-electron chi connectivity index (χ0n) is 15.2. The largest absolute Gasteiger partial charge is 0.339 e. The first-order valence-electron chi connectivity index (χ1n) is 9.43. The van der Waals surface area contributed by atoms with Crippen LogP contribution in [-0.4, -0.2) is 51.0 Å². The first-order valence-corrected chi connectivity index (χ1v) is 9.43. The fourth-order valence-corrected chi connectivity index (χ4v) is 4.16. The van der Waals surface area contributed by atoms with Crippen LogP contribution < -0.4 is 0 Å². The average molecular weight is 334 g/mol. The van der Waals surface area contributed by atoms with Crippen LogP contribution in [0.5, 0.6) is 0 Å². The number of aromatic nitrogens is 2. The second-order valence-electron chi connectivity index (χ2n) is 7.53. The summed E-state index contributed by atoms with van der Waals surface area (Å²) in [6.45, 7) is 8.97. The first-order chi connectivity index (χ1) is 11.6. The van der Waals surface area contributed by atoms with Gasteiger partial charge in [0.05, 0.1) is 6.54 Å². The third-order valence-corrected chi connectivity index (χ3v) is 5.22. The van der Waals surface area contributed by atoms with Crippen LogP contribution in [0.1, 0.15) is 64.6 Å². The minimum atomic E-state index is 0.295. The van der Waals surface area contributed by atoms with Crippen LogP contribution in [-0.2, 0) is 17.8 Å². The number of rotatable bonds is 6. The minimum absolute atomic E-state index is 0.295. The summed E-state index contributed by atoms with van der Waals surface area (Å²) in [5.41, 5.74) is 0. The Kier molecular flexibility index (Phi) is 5.54. The Balaban J connectivity index is 1.65. The fraction of sp³-hybridized carbons (Fsp3) is 0.833. The predicted molar refractivity (Wildman–Crippen MR) is 91.3 cm³/mol. The maximum Gasteiger partial charge on any atom is 0.226 e. The fourth-order valence-electron chi connectivity index (χ4n) is 4.16. The van der Waals surface area contributed by atoms with Gasteiger partial charge in [0.2, 0.25) is 11.8 Å². The summed E-state index contributed by atoms with van der Waals surface area (Å²) in [6, 6.07) is 0.803. The predicted octanol–water partition coefficient (Wildman–Crippen LogP) is 2.63. The number of amides is 1. The average Bonchev–Trinajstić information content (AvgIpc) is 3.26. The molecule has 6 nitrogen and oxygen atoms in total. The van der Waals surface area contributed by atoms with Crippen LogP contribution in [0.4, 0.5) is 0 Å². The highest BCUT2D eigenvalue weighted by Crippen LogP contribution is 2.31. The summed E-state index contributed by atoms with van der Waals surface area (Å²) in [4.78, 5) is 21.3. The lowest BCUT2D eigenvalue weighted by Gasteiger charge is -2.34. The zero-order valence-corrected chi connectivity index (χ0v) is 15.2. The van der Waals surface area contributed by atoms with E-state index in [0.29, 0.717) is 30.3 Å². The van der Waals surface area contributed by atoms with Crippen LogP contribution in [0.25, 0.3) is 0 Å². The Hall–Kier alpha value is -1.43. The molecule has 24 heavy (non-hydrogen) atoms. The molecule has 2 saturated heterocycles.